The summed E-state index contributed by atoms with van der Waals surface area (Å²) in [5.41, 5.74) is 1.12. The molecule has 0 unspecified atom stereocenters. The first-order chi connectivity index (χ1) is 13.8. The first-order valence-corrected chi connectivity index (χ1v) is 11.9. The van der Waals surface area contributed by atoms with E-state index in [1.807, 2.05) is 13.8 Å². The maximum Gasteiger partial charge on any atom is 0.311 e. The van der Waals surface area contributed by atoms with Crippen molar-refractivity contribution in [1.82, 2.24) is 4.98 Å². The summed E-state index contributed by atoms with van der Waals surface area (Å²) >= 11 is 0. The first kappa shape index (κ1) is 21.6. The Morgan fingerprint density at radius 1 is 1.24 bits per heavy atom. The first-order valence-electron chi connectivity index (χ1n) is 10.2. The molecule has 2 aromatic rings. The minimum Gasteiger partial charge on any atom is -0.466 e. The quantitative estimate of drug-likeness (QED) is 0.579. The summed E-state index contributed by atoms with van der Waals surface area (Å²) in [5, 5.41) is 0. The van der Waals surface area contributed by atoms with E-state index >= 15 is 0 Å². The number of carbonyl (C=O) groups excluding carboxylic acids is 1. The van der Waals surface area contributed by atoms with Crippen LogP contribution in [0.3, 0.4) is 0 Å². The van der Waals surface area contributed by atoms with Gasteiger partial charge >= 0.3 is 5.97 Å². The van der Waals surface area contributed by atoms with Gasteiger partial charge in [-0.05, 0) is 70.4 Å². The summed E-state index contributed by atoms with van der Waals surface area (Å²) < 4.78 is 35.4. The van der Waals surface area contributed by atoms with Crippen LogP contribution in [0.4, 0.5) is 0 Å². The van der Waals surface area contributed by atoms with E-state index in [4.69, 9.17) is 9.15 Å². The van der Waals surface area contributed by atoms with Crippen molar-refractivity contribution in [2.75, 3.05) is 12.4 Å². The molecule has 0 atom stereocenters. The lowest BCUT2D eigenvalue weighted by Gasteiger charge is -2.35. The standard InChI is InChI=1S/C22H29NO5S/c1-3-28-21(24)22(2)12-10-17(11-13-22)5-4-14-29(25,26)19-8-6-18(7-9-19)20-15-27-16-23-20/h6-9,15-17H,3-5,10-14H2,1-2H3. The van der Waals surface area contributed by atoms with Gasteiger partial charge in [-0.25, -0.2) is 13.4 Å². The van der Waals surface area contributed by atoms with E-state index in [2.05, 4.69) is 4.98 Å². The van der Waals surface area contributed by atoms with Crippen LogP contribution < -0.4 is 0 Å². The van der Waals surface area contributed by atoms with Crippen molar-refractivity contribution in [2.24, 2.45) is 11.3 Å². The highest BCUT2D eigenvalue weighted by Crippen LogP contribution is 2.41. The molecule has 1 aliphatic carbocycles. The molecule has 3 rings (SSSR count). The second kappa shape index (κ2) is 9.11. The van der Waals surface area contributed by atoms with Crippen LogP contribution in [0.15, 0.2) is 46.2 Å². The molecule has 1 aromatic heterocycles. The van der Waals surface area contributed by atoms with Crippen LogP contribution in [0.2, 0.25) is 0 Å². The molecular weight excluding hydrogens is 390 g/mol. The maximum absolute atomic E-state index is 12.6. The minimum absolute atomic E-state index is 0.102. The number of sulfone groups is 1. The molecule has 1 fully saturated rings. The van der Waals surface area contributed by atoms with Crippen molar-refractivity contribution in [2.45, 2.75) is 57.3 Å². The van der Waals surface area contributed by atoms with E-state index in [0.29, 0.717) is 29.5 Å². The number of ether oxygens (including phenoxy) is 1. The molecule has 29 heavy (non-hydrogen) atoms. The predicted molar refractivity (Wildman–Crippen MR) is 110 cm³/mol. The third-order valence-electron chi connectivity index (χ3n) is 5.94. The summed E-state index contributed by atoms with van der Waals surface area (Å²) in [6.07, 6.45) is 7.90. The van der Waals surface area contributed by atoms with Gasteiger partial charge in [-0.3, -0.25) is 4.79 Å². The van der Waals surface area contributed by atoms with Gasteiger partial charge in [0.15, 0.2) is 16.2 Å². The third kappa shape index (κ3) is 5.26. The number of benzene rings is 1. The van der Waals surface area contributed by atoms with Gasteiger partial charge < -0.3 is 9.15 Å². The number of oxazole rings is 1. The average Bonchev–Trinajstić information content (AvgIpc) is 3.25. The zero-order valence-corrected chi connectivity index (χ0v) is 17.9. The third-order valence-corrected chi connectivity index (χ3v) is 7.76. The number of hydrogen-bond donors (Lipinski definition) is 0. The lowest BCUT2D eigenvalue weighted by molar-refractivity contribution is -0.156. The Bertz CT molecular complexity index is 895. The summed E-state index contributed by atoms with van der Waals surface area (Å²) in [5.74, 6) is 0.513. The van der Waals surface area contributed by atoms with Crippen LogP contribution in [0.25, 0.3) is 11.3 Å². The lowest BCUT2D eigenvalue weighted by Crippen LogP contribution is -2.34. The van der Waals surface area contributed by atoms with E-state index in [-0.39, 0.29) is 17.1 Å². The normalized spacial score (nSPS) is 22.3. The zero-order valence-electron chi connectivity index (χ0n) is 17.1. The number of carbonyl (C=O) groups is 1. The summed E-state index contributed by atoms with van der Waals surface area (Å²) in [6, 6.07) is 6.76. The van der Waals surface area contributed by atoms with Gasteiger partial charge in [0.25, 0.3) is 0 Å². The van der Waals surface area contributed by atoms with Gasteiger partial charge in [0.1, 0.15) is 12.0 Å². The van der Waals surface area contributed by atoms with Gasteiger partial charge in [0.05, 0.1) is 22.7 Å². The number of aromatic nitrogens is 1. The van der Waals surface area contributed by atoms with Crippen LogP contribution in [-0.2, 0) is 19.4 Å². The van der Waals surface area contributed by atoms with Crippen molar-refractivity contribution in [3.63, 3.8) is 0 Å². The highest BCUT2D eigenvalue weighted by atomic mass is 32.2. The topological polar surface area (TPSA) is 86.5 Å². The fraction of sp³-hybridized carbons (Fsp3) is 0.545. The molecule has 1 aliphatic rings. The molecule has 1 saturated carbocycles. The van der Waals surface area contributed by atoms with Crippen molar-refractivity contribution >= 4 is 15.8 Å². The van der Waals surface area contributed by atoms with E-state index in [9.17, 15) is 13.2 Å². The van der Waals surface area contributed by atoms with Crippen LogP contribution in [0, 0.1) is 11.3 Å². The number of nitrogens with zero attached hydrogens (tertiary/aromatic N) is 1. The second-order valence-electron chi connectivity index (χ2n) is 8.08. The van der Waals surface area contributed by atoms with Crippen LogP contribution in [0.1, 0.15) is 52.4 Å². The Morgan fingerprint density at radius 2 is 1.93 bits per heavy atom. The Hall–Kier alpha value is -2.15. The van der Waals surface area contributed by atoms with Crippen molar-refractivity contribution in [3.8, 4) is 11.3 Å². The predicted octanol–water partition coefficient (Wildman–Crippen LogP) is 4.66. The van der Waals surface area contributed by atoms with E-state index in [1.165, 1.54) is 12.7 Å². The van der Waals surface area contributed by atoms with Crippen LogP contribution >= 0.6 is 0 Å². The highest BCUT2D eigenvalue weighted by Gasteiger charge is 2.38. The number of rotatable bonds is 8. The van der Waals surface area contributed by atoms with Crippen LogP contribution in [0.5, 0.6) is 0 Å². The molecule has 0 aliphatic heterocycles. The minimum atomic E-state index is -3.31. The average molecular weight is 420 g/mol. The van der Waals surface area contributed by atoms with Gasteiger partial charge in [-0.2, -0.15) is 0 Å². The molecule has 0 spiro atoms. The summed E-state index contributed by atoms with van der Waals surface area (Å²) in [6.45, 7) is 4.22. The molecule has 0 amide bonds. The SMILES string of the molecule is CCOC(=O)C1(C)CCC(CCCS(=O)(=O)c2ccc(-c3cocn3)cc2)CC1. The Kier molecular flexibility index (Phi) is 6.77. The largest absolute Gasteiger partial charge is 0.466 e. The van der Waals surface area contributed by atoms with Crippen molar-refractivity contribution in [3.05, 3.63) is 36.9 Å². The fourth-order valence-corrected chi connectivity index (χ4v) is 5.31. The highest BCUT2D eigenvalue weighted by molar-refractivity contribution is 7.91. The molecule has 0 N–H and O–H groups in total. The monoisotopic (exact) mass is 419 g/mol. The summed E-state index contributed by atoms with van der Waals surface area (Å²) in [7, 11) is -3.31. The van der Waals surface area contributed by atoms with Crippen molar-refractivity contribution in [1.29, 1.82) is 0 Å². The van der Waals surface area contributed by atoms with E-state index < -0.39 is 9.84 Å². The fourth-order valence-electron chi connectivity index (χ4n) is 3.98. The molecule has 7 heteroatoms. The Morgan fingerprint density at radius 3 is 2.52 bits per heavy atom. The van der Waals surface area contributed by atoms with E-state index in [1.54, 1.807) is 24.3 Å². The van der Waals surface area contributed by atoms with E-state index in [0.717, 1.165) is 37.7 Å². The molecule has 0 radical (unpaired) electrons. The van der Waals surface area contributed by atoms with Gasteiger partial charge in [-0.1, -0.05) is 12.1 Å². The van der Waals surface area contributed by atoms with Gasteiger partial charge in [0, 0.05) is 5.56 Å². The van der Waals surface area contributed by atoms with Crippen LogP contribution in [-0.4, -0.2) is 31.7 Å². The summed E-state index contributed by atoms with van der Waals surface area (Å²) in [4.78, 5) is 16.5. The van der Waals surface area contributed by atoms with Crippen molar-refractivity contribution < 1.29 is 22.4 Å². The Balaban J connectivity index is 1.48. The maximum atomic E-state index is 12.6. The molecular formula is C22H29NO5S. The second-order valence-corrected chi connectivity index (χ2v) is 10.2. The lowest BCUT2D eigenvalue weighted by atomic mass is 9.71. The molecule has 158 valence electrons. The molecule has 0 saturated heterocycles. The molecule has 6 nitrogen and oxygen atoms in total. The number of hydrogen-bond acceptors (Lipinski definition) is 6. The van der Waals surface area contributed by atoms with Gasteiger partial charge in [0.2, 0.25) is 0 Å². The Labute approximate surface area is 172 Å². The zero-order chi connectivity index (χ0) is 20.9. The van der Waals surface area contributed by atoms with Gasteiger partial charge in [-0.15, -0.1) is 0 Å². The molecule has 1 aromatic carbocycles. The molecule has 0 bridgehead atoms. The smallest absolute Gasteiger partial charge is 0.311 e. The molecule has 1 heterocycles. The number of esters is 1.